The third kappa shape index (κ3) is 6.83. The van der Waals surface area contributed by atoms with Gasteiger partial charge in [-0.05, 0) is 73.4 Å². The van der Waals surface area contributed by atoms with Gasteiger partial charge in [0, 0.05) is 18.8 Å². The number of benzene rings is 2. The van der Waals surface area contributed by atoms with Crippen LogP contribution in [-0.2, 0) is 14.4 Å². The van der Waals surface area contributed by atoms with Gasteiger partial charge in [0.15, 0.2) is 6.61 Å². The molecule has 0 spiro atoms. The Hall–Kier alpha value is -3.88. The summed E-state index contributed by atoms with van der Waals surface area (Å²) in [4.78, 5) is 37.5. The number of hydrogen-bond donors (Lipinski definition) is 2. The smallest absolute Gasteiger partial charge is 0.329 e. The van der Waals surface area contributed by atoms with Crippen LogP contribution in [0.1, 0.15) is 24.8 Å². The van der Waals surface area contributed by atoms with Crippen LogP contribution in [0.2, 0.25) is 0 Å². The fraction of sp³-hybridized carbons (Fsp3) is 0.304. The van der Waals surface area contributed by atoms with E-state index >= 15 is 0 Å². The number of carbonyl (C=O) groups is 3. The summed E-state index contributed by atoms with van der Waals surface area (Å²) in [5.74, 6) is -0.376. The van der Waals surface area contributed by atoms with Gasteiger partial charge in [0.2, 0.25) is 0 Å². The van der Waals surface area contributed by atoms with Crippen molar-refractivity contribution in [2.45, 2.75) is 19.3 Å². The largest absolute Gasteiger partial charge is 0.497 e. The van der Waals surface area contributed by atoms with Crippen molar-refractivity contribution in [3.8, 4) is 11.5 Å². The number of nitrogens with one attached hydrogen (secondary N) is 2. The lowest BCUT2D eigenvalue weighted by Gasteiger charge is -2.25. The van der Waals surface area contributed by atoms with E-state index < -0.39 is 11.8 Å². The molecule has 9 heteroatoms. The summed E-state index contributed by atoms with van der Waals surface area (Å²) < 4.78 is 10.6. The predicted octanol–water partition coefficient (Wildman–Crippen LogP) is 2.18. The van der Waals surface area contributed by atoms with Crippen LogP contribution in [0, 0.1) is 0 Å². The maximum atomic E-state index is 12.0. The maximum absolute atomic E-state index is 12.0. The van der Waals surface area contributed by atoms with Gasteiger partial charge in [-0.25, -0.2) is 5.43 Å². The molecule has 0 bridgehead atoms. The van der Waals surface area contributed by atoms with Gasteiger partial charge in [0.25, 0.3) is 5.91 Å². The fourth-order valence-electron chi connectivity index (χ4n) is 3.12. The molecule has 0 radical (unpaired) electrons. The van der Waals surface area contributed by atoms with E-state index in [0.717, 1.165) is 19.3 Å². The number of hydrazone groups is 1. The summed E-state index contributed by atoms with van der Waals surface area (Å²) in [7, 11) is 1.58. The van der Waals surface area contributed by atoms with Gasteiger partial charge in [-0.15, -0.1) is 0 Å². The zero-order valence-electron chi connectivity index (χ0n) is 17.9. The lowest BCUT2D eigenvalue weighted by atomic mass is 10.1. The number of nitrogens with zero attached hydrogens (tertiary/aromatic N) is 2. The molecule has 1 aliphatic rings. The number of likely N-dealkylation sites (tertiary alicyclic amines) is 1. The van der Waals surface area contributed by atoms with E-state index in [-0.39, 0.29) is 12.5 Å². The van der Waals surface area contributed by atoms with Gasteiger partial charge < -0.3 is 19.7 Å². The van der Waals surface area contributed by atoms with Crippen molar-refractivity contribution < 1.29 is 23.9 Å². The normalized spacial score (nSPS) is 13.5. The second-order valence-corrected chi connectivity index (χ2v) is 7.19. The summed E-state index contributed by atoms with van der Waals surface area (Å²) in [6.07, 6.45) is 4.35. The molecule has 2 aromatic carbocycles. The number of methoxy groups -OCH3 is 1. The van der Waals surface area contributed by atoms with Crippen molar-refractivity contribution in [1.82, 2.24) is 10.3 Å². The van der Waals surface area contributed by atoms with Gasteiger partial charge >= 0.3 is 11.8 Å². The molecule has 0 saturated carbocycles. The minimum atomic E-state index is -0.744. The fourth-order valence-corrected chi connectivity index (χ4v) is 3.12. The molecule has 2 N–H and O–H groups in total. The Labute approximate surface area is 186 Å². The molecule has 1 aliphatic heterocycles. The topological polar surface area (TPSA) is 109 Å². The van der Waals surface area contributed by atoms with Crippen molar-refractivity contribution in [2.24, 2.45) is 5.10 Å². The van der Waals surface area contributed by atoms with E-state index in [0.29, 0.717) is 35.8 Å². The molecule has 168 valence electrons. The molecule has 1 heterocycles. The van der Waals surface area contributed by atoms with Crippen molar-refractivity contribution >= 4 is 29.6 Å². The number of piperidine rings is 1. The number of hydrogen-bond acceptors (Lipinski definition) is 6. The van der Waals surface area contributed by atoms with Crippen LogP contribution in [0.3, 0.4) is 0 Å². The monoisotopic (exact) mass is 438 g/mol. The van der Waals surface area contributed by atoms with Crippen molar-refractivity contribution in [3.63, 3.8) is 0 Å². The summed E-state index contributed by atoms with van der Waals surface area (Å²) in [5.41, 5.74) is 3.61. The lowest BCUT2D eigenvalue weighted by molar-refractivity contribution is -0.146. The first-order valence-electron chi connectivity index (χ1n) is 10.3. The summed E-state index contributed by atoms with van der Waals surface area (Å²) in [6, 6.07) is 13.8. The molecule has 3 rings (SSSR count). The van der Waals surface area contributed by atoms with E-state index in [1.54, 1.807) is 60.5 Å². The second kappa shape index (κ2) is 11.5. The lowest BCUT2D eigenvalue weighted by Crippen LogP contribution is -2.43. The average molecular weight is 438 g/mol. The van der Waals surface area contributed by atoms with E-state index in [4.69, 9.17) is 9.47 Å². The zero-order valence-corrected chi connectivity index (χ0v) is 17.9. The quantitative estimate of drug-likeness (QED) is 0.391. The Morgan fingerprint density at radius 3 is 2.28 bits per heavy atom. The first-order valence-corrected chi connectivity index (χ1v) is 10.3. The van der Waals surface area contributed by atoms with E-state index in [9.17, 15) is 14.4 Å². The molecular weight excluding hydrogens is 412 g/mol. The van der Waals surface area contributed by atoms with Crippen LogP contribution in [-0.4, -0.2) is 55.6 Å². The average Bonchev–Trinajstić information content (AvgIpc) is 2.84. The molecule has 1 saturated heterocycles. The number of carbonyl (C=O) groups excluding carboxylic acids is 3. The van der Waals surface area contributed by atoms with E-state index in [2.05, 4.69) is 15.8 Å². The van der Waals surface area contributed by atoms with Crippen LogP contribution in [0.5, 0.6) is 11.5 Å². The van der Waals surface area contributed by atoms with E-state index in [1.807, 2.05) is 0 Å². The molecule has 1 fully saturated rings. The van der Waals surface area contributed by atoms with Gasteiger partial charge in [0.1, 0.15) is 11.5 Å². The molecule has 32 heavy (non-hydrogen) atoms. The van der Waals surface area contributed by atoms with Crippen LogP contribution in [0.25, 0.3) is 0 Å². The number of amides is 3. The highest BCUT2D eigenvalue weighted by Gasteiger charge is 2.22. The van der Waals surface area contributed by atoms with Crippen LogP contribution in [0.4, 0.5) is 5.69 Å². The molecule has 9 nitrogen and oxygen atoms in total. The molecule has 3 amide bonds. The molecular formula is C23H26N4O5. The van der Waals surface area contributed by atoms with Crippen molar-refractivity contribution in [2.75, 3.05) is 32.1 Å². The highest BCUT2D eigenvalue weighted by molar-refractivity contribution is 6.35. The Bertz CT molecular complexity index is 951. The zero-order chi connectivity index (χ0) is 22.8. The third-order valence-electron chi connectivity index (χ3n) is 4.84. The molecule has 0 aromatic heterocycles. The van der Waals surface area contributed by atoms with Gasteiger partial charge in [0.05, 0.1) is 13.3 Å². The molecule has 0 aliphatic carbocycles. The Kier molecular flexibility index (Phi) is 8.19. The van der Waals surface area contributed by atoms with Gasteiger partial charge in [-0.3, -0.25) is 14.4 Å². The first-order chi connectivity index (χ1) is 15.5. The molecule has 0 unspecified atom stereocenters. The Morgan fingerprint density at radius 1 is 0.969 bits per heavy atom. The van der Waals surface area contributed by atoms with Crippen LogP contribution >= 0.6 is 0 Å². The second-order valence-electron chi connectivity index (χ2n) is 7.19. The van der Waals surface area contributed by atoms with Crippen LogP contribution in [0.15, 0.2) is 53.6 Å². The minimum absolute atomic E-state index is 0.145. The minimum Gasteiger partial charge on any atom is -0.497 e. The molecule has 0 atom stereocenters. The summed E-state index contributed by atoms with van der Waals surface area (Å²) in [6.45, 7) is 1.07. The number of rotatable bonds is 7. The Morgan fingerprint density at radius 2 is 1.62 bits per heavy atom. The third-order valence-corrected chi connectivity index (χ3v) is 4.84. The van der Waals surface area contributed by atoms with Crippen LogP contribution < -0.4 is 20.2 Å². The highest BCUT2D eigenvalue weighted by Crippen LogP contribution is 2.15. The van der Waals surface area contributed by atoms with Crippen molar-refractivity contribution in [3.05, 3.63) is 54.1 Å². The maximum Gasteiger partial charge on any atom is 0.329 e. The Balaban J connectivity index is 1.41. The van der Waals surface area contributed by atoms with Gasteiger partial charge in [-0.2, -0.15) is 5.10 Å². The summed E-state index contributed by atoms with van der Waals surface area (Å²) >= 11 is 0. The molecule has 2 aromatic rings. The van der Waals surface area contributed by atoms with E-state index in [1.165, 1.54) is 6.21 Å². The highest BCUT2D eigenvalue weighted by atomic mass is 16.5. The van der Waals surface area contributed by atoms with Gasteiger partial charge in [-0.1, -0.05) is 0 Å². The number of anilines is 1. The SMILES string of the molecule is COc1ccc(NC(=O)COc2ccc(/C=N\NC(=O)C(=O)N3CCCCC3)cc2)cc1. The first kappa shape index (κ1) is 22.8. The predicted molar refractivity (Wildman–Crippen MR) is 120 cm³/mol. The number of ether oxygens (including phenoxy) is 2. The van der Waals surface area contributed by atoms with Crippen molar-refractivity contribution in [1.29, 1.82) is 0 Å². The summed E-state index contributed by atoms with van der Waals surface area (Å²) in [5, 5.41) is 6.57. The standard InChI is InChI=1S/C23H26N4O5/c1-31-19-11-7-18(8-12-19)25-21(28)16-32-20-9-5-17(6-10-20)15-24-26-22(29)23(30)27-13-3-2-4-14-27/h5-12,15H,2-4,13-14,16H2,1H3,(H,25,28)(H,26,29)/b24-15-.